The number of carbonyl (C=O) groups is 1. The zero-order valence-electron chi connectivity index (χ0n) is 7.55. The molecular formula is C8H15NO3. The molecule has 4 heteroatoms. The Balaban J connectivity index is 2.50. The topological polar surface area (TPSA) is 47.6 Å². The Morgan fingerprint density at radius 2 is 2.50 bits per heavy atom. The first-order valence-electron chi connectivity index (χ1n) is 4.21. The van der Waals surface area contributed by atoms with Crippen LogP contribution >= 0.6 is 0 Å². The molecule has 0 radical (unpaired) electrons. The highest BCUT2D eigenvalue weighted by Crippen LogP contribution is 2.13. The van der Waals surface area contributed by atoms with E-state index in [1.165, 1.54) is 0 Å². The minimum Gasteiger partial charge on any atom is -0.464 e. The number of esters is 1. The smallest absolute Gasteiger partial charge is 0.339 e. The van der Waals surface area contributed by atoms with E-state index in [9.17, 15) is 4.79 Å². The number of hydrogen-bond acceptors (Lipinski definition) is 4. The summed E-state index contributed by atoms with van der Waals surface area (Å²) in [6, 6.07) is 0. The van der Waals surface area contributed by atoms with Crippen LogP contribution in [0.1, 0.15) is 13.8 Å². The molecule has 0 saturated carbocycles. The highest BCUT2D eigenvalue weighted by atomic mass is 16.6. The summed E-state index contributed by atoms with van der Waals surface area (Å²) in [5.74, 6) is -0.280. The van der Waals surface area contributed by atoms with E-state index < -0.39 is 5.60 Å². The number of nitrogens with one attached hydrogen (secondary N) is 1. The first-order chi connectivity index (χ1) is 5.69. The van der Waals surface area contributed by atoms with Gasteiger partial charge in [-0.05, 0) is 13.8 Å². The molecule has 0 aromatic carbocycles. The van der Waals surface area contributed by atoms with Gasteiger partial charge in [0.1, 0.15) is 0 Å². The van der Waals surface area contributed by atoms with Gasteiger partial charge in [-0.3, -0.25) is 0 Å². The summed E-state index contributed by atoms with van der Waals surface area (Å²) in [4.78, 5) is 11.3. The third-order valence-electron chi connectivity index (χ3n) is 1.87. The van der Waals surface area contributed by atoms with Crippen LogP contribution in [-0.4, -0.2) is 37.9 Å². The van der Waals surface area contributed by atoms with Crippen molar-refractivity contribution in [2.45, 2.75) is 19.4 Å². The molecule has 1 aliphatic rings. The van der Waals surface area contributed by atoms with Gasteiger partial charge in [0.15, 0.2) is 5.60 Å². The van der Waals surface area contributed by atoms with Crippen LogP contribution in [0.25, 0.3) is 0 Å². The first kappa shape index (κ1) is 9.48. The molecular weight excluding hydrogens is 158 g/mol. The quantitative estimate of drug-likeness (QED) is 0.594. The van der Waals surface area contributed by atoms with E-state index in [0.29, 0.717) is 19.8 Å². The van der Waals surface area contributed by atoms with E-state index >= 15 is 0 Å². The maximum absolute atomic E-state index is 11.3. The van der Waals surface area contributed by atoms with E-state index in [0.717, 1.165) is 6.54 Å². The molecule has 0 unspecified atom stereocenters. The molecule has 0 aromatic heterocycles. The number of rotatable bonds is 2. The number of ether oxygens (including phenoxy) is 2. The molecule has 1 saturated heterocycles. The molecule has 1 heterocycles. The van der Waals surface area contributed by atoms with Crippen molar-refractivity contribution < 1.29 is 14.3 Å². The Kier molecular flexibility index (Phi) is 3.05. The Morgan fingerprint density at radius 1 is 1.75 bits per heavy atom. The fourth-order valence-corrected chi connectivity index (χ4v) is 1.14. The first-order valence-corrected chi connectivity index (χ1v) is 4.21. The second-order valence-electron chi connectivity index (χ2n) is 2.98. The predicted molar refractivity (Wildman–Crippen MR) is 43.9 cm³/mol. The second-order valence-corrected chi connectivity index (χ2v) is 2.98. The summed E-state index contributed by atoms with van der Waals surface area (Å²) < 4.78 is 10.2. The zero-order valence-corrected chi connectivity index (χ0v) is 7.55. The normalized spacial score (nSPS) is 29.8. The van der Waals surface area contributed by atoms with Crippen molar-refractivity contribution in [3.05, 3.63) is 0 Å². The zero-order chi connectivity index (χ0) is 9.03. The highest BCUT2D eigenvalue weighted by molar-refractivity contribution is 5.79. The van der Waals surface area contributed by atoms with Gasteiger partial charge in [0, 0.05) is 13.1 Å². The fraction of sp³-hybridized carbons (Fsp3) is 0.875. The third-order valence-corrected chi connectivity index (χ3v) is 1.87. The summed E-state index contributed by atoms with van der Waals surface area (Å²) in [5.41, 5.74) is -0.783. The van der Waals surface area contributed by atoms with Crippen molar-refractivity contribution in [3.63, 3.8) is 0 Å². The number of hydrogen-bond donors (Lipinski definition) is 1. The van der Waals surface area contributed by atoms with Crippen molar-refractivity contribution >= 4 is 5.97 Å². The van der Waals surface area contributed by atoms with Crippen LogP contribution < -0.4 is 5.32 Å². The lowest BCUT2D eigenvalue weighted by molar-refractivity contribution is -0.172. The van der Waals surface area contributed by atoms with Gasteiger partial charge in [-0.15, -0.1) is 0 Å². The maximum atomic E-state index is 11.3. The highest BCUT2D eigenvalue weighted by Gasteiger charge is 2.37. The van der Waals surface area contributed by atoms with Gasteiger partial charge in [-0.1, -0.05) is 0 Å². The maximum Gasteiger partial charge on any atom is 0.339 e. The van der Waals surface area contributed by atoms with E-state index in [2.05, 4.69) is 5.32 Å². The van der Waals surface area contributed by atoms with Crippen molar-refractivity contribution in [1.29, 1.82) is 0 Å². The minimum absolute atomic E-state index is 0.280. The van der Waals surface area contributed by atoms with E-state index in [1.807, 2.05) is 0 Å². The largest absolute Gasteiger partial charge is 0.464 e. The second kappa shape index (κ2) is 3.87. The van der Waals surface area contributed by atoms with Crippen LogP contribution in [0.15, 0.2) is 0 Å². The minimum atomic E-state index is -0.783. The molecule has 1 aliphatic heterocycles. The van der Waals surface area contributed by atoms with Gasteiger partial charge in [0.2, 0.25) is 0 Å². The van der Waals surface area contributed by atoms with Crippen molar-refractivity contribution in [1.82, 2.24) is 5.32 Å². The number of morpholine rings is 1. The Bertz CT molecular complexity index is 164. The van der Waals surface area contributed by atoms with Gasteiger partial charge in [-0.25, -0.2) is 4.79 Å². The van der Waals surface area contributed by atoms with Crippen LogP contribution in [0, 0.1) is 0 Å². The average Bonchev–Trinajstić information content (AvgIpc) is 2.06. The molecule has 1 atom stereocenters. The van der Waals surface area contributed by atoms with Gasteiger partial charge < -0.3 is 14.8 Å². The van der Waals surface area contributed by atoms with Gasteiger partial charge in [0.05, 0.1) is 13.2 Å². The summed E-state index contributed by atoms with van der Waals surface area (Å²) in [6.45, 7) is 5.84. The molecule has 0 amide bonds. The lowest BCUT2D eigenvalue weighted by Crippen LogP contribution is -2.53. The Hall–Kier alpha value is -0.610. The lowest BCUT2D eigenvalue weighted by atomic mass is 10.1. The van der Waals surface area contributed by atoms with Gasteiger partial charge in [0.25, 0.3) is 0 Å². The third kappa shape index (κ3) is 1.95. The van der Waals surface area contributed by atoms with E-state index in [4.69, 9.17) is 9.47 Å². The molecule has 1 rings (SSSR count). The predicted octanol–water partition coefficient (Wildman–Crippen LogP) is -0.0720. The van der Waals surface area contributed by atoms with E-state index in [-0.39, 0.29) is 5.97 Å². The van der Waals surface area contributed by atoms with Crippen LogP contribution in [0.5, 0.6) is 0 Å². The molecule has 0 aromatic rings. The van der Waals surface area contributed by atoms with Gasteiger partial charge in [-0.2, -0.15) is 0 Å². The molecule has 12 heavy (non-hydrogen) atoms. The van der Waals surface area contributed by atoms with Crippen LogP contribution in [0.4, 0.5) is 0 Å². The summed E-state index contributed by atoms with van der Waals surface area (Å²) in [7, 11) is 0. The van der Waals surface area contributed by atoms with Crippen LogP contribution in [-0.2, 0) is 14.3 Å². The monoisotopic (exact) mass is 173 g/mol. The lowest BCUT2D eigenvalue weighted by Gasteiger charge is -2.31. The van der Waals surface area contributed by atoms with Crippen molar-refractivity contribution in [2.75, 3.05) is 26.3 Å². The Morgan fingerprint density at radius 3 is 3.00 bits per heavy atom. The number of carbonyl (C=O) groups excluding carboxylic acids is 1. The van der Waals surface area contributed by atoms with Crippen molar-refractivity contribution in [3.8, 4) is 0 Å². The summed E-state index contributed by atoms with van der Waals surface area (Å²) in [6.07, 6.45) is 0. The fourth-order valence-electron chi connectivity index (χ4n) is 1.14. The molecule has 1 N–H and O–H groups in total. The summed E-state index contributed by atoms with van der Waals surface area (Å²) >= 11 is 0. The molecule has 70 valence electrons. The average molecular weight is 173 g/mol. The van der Waals surface area contributed by atoms with Gasteiger partial charge >= 0.3 is 5.97 Å². The van der Waals surface area contributed by atoms with E-state index in [1.54, 1.807) is 13.8 Å². The SMILES string of the molecule is CCOC(=O)[C@@]1(C)CNCCO1. The van der Waals surface area contributed by atoms with Crippen LogP contribution in [0.3, 0.4) is 0 Å². The summed E-state index contributed by atoms with van der Waals surface area (Å²) in [5, 5.41) is 3.09. The van der Waals surface area contributed by atoms with Crippen molar-refractivity contribution in [2.24, 2.45) is 0 Å². The molecule has 4 nitrogen and oxygen atoms in total. The molecule has 0 bridgehead atoms. The standard InChI is InChI=1S/C8H15NO3/c1-3-11-7(10)8(2)6-9-4-5-12-8/h9H,3-6H2,1-2H3/t8-/m1/s1. The molecule has 0 aliphatic carbocycles. The Labute approximate surface area is 72.2 Å². The molecule has 0 spiro atoms. The van der Waals surface area contributed by atoms with Crippen LogP contribution in [0.2, 0.25) is 0 Å². The molecule has 1 fully saturated rings.